The van der Waals surface area contributed by atoms with Gasteiger partial charge in [0.1, 0.15) is 0 Å². The van der Waals surface area contributed by atoms with E-state index in [2.05, 4.69) is 56.4 Å². The molecule has 1 nitrogen and oxygen atoms in total. The van der Waals surface area contributed by atoms with Gasteiger partial charge in [-0.05, 0) is 31.0 Å². The molecule has 0 unspecified atom stereocenters. The number of rotatable bonds is 5. The van der Waals surface area contributed by atoms with Gasteiger partial charge in [-0.2, -0.15) is 0 Å². The van der Waals surface area contributed by atoms with E-state index in [9.17, 15) is 0 Å². The molecule has 0 heterocycles. The molecule has 0 spiro atoms. The van der Waals surface area contributed by atoms with Gasteiger partial charge >= 0.3 is 0 Å². The van der Waals surface area contributed by atoms with Crippen LogP contribution in [0.15, 0.2) is 29.8 Å². The van der Waals surface area contributed by atoms with Gasteiger partial charge in [0.05, 0.1) is 0 Å². The van der Waals surface area contributed by atoms with E-state index in [1.54, 1.807) is 0 Å². The summed E-state index contributed by atoms with van der Waals surface area (Å²) in [5, 5.41) is 3.34. The molecule has 82 valence electrons. The lowest BCUT2D eigenvalue weighted by Gasteiger charge is -2.05. The number of likely N-dealkylation sites (N-methyl/N-ethyl adjacent to an activating group) is 1. The zero-order valence-corrected chi connectivity index (χ0v) is 10.0. The van der Waals surface area contributed by atoms with Gasteiger partial charge in [0, 0.05) is 6.54 Å². The molecule has 1 aromatic rings. The van der Waals surface area contributed by atoms with E-state index in [-0.39, 0.29) is 0 Å². The zero-order chi connectivity index (χ0) is 11.1. The molecule has 0 radical (unpaired) electrons. The highest BCUT2D eigenvalue weighted by atomic mass is 14.8. The average Bonchev–Trinajstić information content (AvgIpc) is 2.27. The molecule has 0 aliphatic heterocycles. The molecule has 15 heavy (non-hydrogen) atoms. The highest BCUT2D eigenvalue weighted by Gasteiger charge is 1.96. The lowest BCUT2D eigenvalue weighted by Crippen LogP contribution is -2.14. The standard InChI is InChI=1S/C14H21N/c1-4-13-8-6-7-9-14(13)10-12(3)11-15-5-2/h6-10,15H,4-5,11H2,1-3H3. The summed E-state index contributed by atoms with van der Waals surface area (Å²) in [7, 11) is 0. The maximum absolute atomic E-state index is 3.34. The summed E-state index contributed by atoms with van der Waals surface area (Å²) in [6, 6.07) is 8.60. The first kappa shape index (κ1) is 12.0. The second kappa shape index (κ2) is 6.41. The Kier molecular flexibility index (Phi) is 5.13. The van der Waals surface area contributed by atoms with Crippen molar-refractivity contribution >= 4 is 6.08 Å². The molecule has 0 amide bonds. The van der Waals surface area contributed by atoms with Crippen LogP contribution in [-0.2, 0) is 6.42 Å². The summed E-state index contributed by atoms with van der Waals surface area (Å²) < 4.78 is 0. The smallest absolute Gasteiger partial charge is 0.0165 e. The van der Waals surface area contributed by atoms with Crippen LogP contribution in [0.4, 0.5) is 0 Å². The van der Waals surface area contributed by atoms with Crippen molar-refractivity contribution in [3.05, 3.63) is 41.0 Å². The highest BCUT2D eigenvalue weighted by molar-refractivity contribution is 5.56. The zero-order valence-electron chi connectivity index (χ0n) is 10.0. The van der Waals surface area contributed by atoms with E-state index in [1.165, 1.54) is 16.7 Å². The molecule has 0 saturated carbocycles. The molecule has 1 aromatic carbocycles. The van der Waals surface area contributed by atoms with Crippen molar-refractivity contribution in [2.75, 3.05) is 13.1 Å². The van der Waals surface area contributed by atoms with E-state index in [0.717, 1.165) is 19.5 Å². The second-order valence-corrected chi connectivity index (χ2v) is 3.82. The van der Waals surface area contributed by atoms with E-state index in [4.69, 9.17) is 0 Å². The third-order valence-electron chi connectivity index (χ3n) is 2.49. The molecular weight excluding hydrogens is 182 g/mol. The predicted octanol–water partition coefficient (Wildman–Crippen LogP) is 3.26. The minimum absolute atomic E-state index is 0.981. The van der Waals surface area contributed by atoms with Crippen LogP contribution < -0.4 is 5.32 Å². The maximum Gasteiger partial charge on any atom is 0.0165 e. The molecular formula is C14H21N. The fourth-order valence-electron chi connectivity index (χ4n) is 1.64. The maximum atomic E-state index is 3.34. The second-order valence-electron chi connectivity index (χ2n) is 3.82. The summed E-state index contributed by atoms with van der Waals surface area (Å²) >= 11 is 0. The van der Waals surface area contributed by atoms with E-state index in [0.29, 0.717) is 0 Å². The van der Waals surface area contributed by atoms with Crippen molar-refractivity contribution in [3.63, 3.8) is 0 Å². The van der Waals surface area contributed by atoms with E-state index < -0.39 is 0 Å². The topological polar surface area (TPSA) is 12.0 Å². The monoisotopic (exact) mass is 203 g/mol. The summed E-state index contributed by atoms with van der Waals surface area (Å²) in [4.78, 5) is 0. The molecule has 1 rings (SSSR count). The molecule has 0 aliphatic rings. The number of aryl methyl sites for hydroxylation is 1. The number of hydrogen-bond donors (Lipinski definition) is 1. The van der Waals surface area contributed by atoms with E-state index in [1.807, 2.05) is 0 Å². The molecule has 0 bridgehead atoms. The molecule has 0 aromatic heterocycles. The van der Waals surface area contributed by atoms with Crippen molar-refractivity contribution in [2.24, 2.45) is 0 Å². The lowest BCUT2D eigenvalue weighted by atomic mass is 10.0. The van der Waals surface area contributed by atoms with Gasteiger partial charge < -0.3 is 5.32 Å². The summed E-state index contributed by atoms with van der Waals surface area (Å²) in [5.74, 6) is 0. The van der Waals surface area contributed by atoms with Crippen LogP contribution in [0.2, 0.25) is 0 Å². The van der Waals surface area contributed by atoms with Crippen LogP contribution in [0.1, 0.15) is 31.9 Å². The van der Waals surface area contributed by atoms with Crippen molar-refractivity contribution in [2.45, 2.75) is 27.2 Å². The van der Waals surface area contributed by atoms with Crippen molar-refractivity contribution < 1.29 is 0 Å². The molecule has 1 N–H and O–H groups in total. The van der Waals surface area contributed by atoms with Gasteiger partial charge in [-0.1, -0.05) is 49.8 Å². The molecule has 0 saturated heterocycles. The summed E-state index contributed by atoms with van der Waals surface area (Å²) in [6.07, 6.45) is 3.38. The van der Waals surface area contributed by atoms with Crippen LogP contribution >= 0.6 is 0 Å². The van der Waals surface area contributed by atoms with Crippen LogP contribution in [0.25, 0.3) is 6.08 Å². The van der Waals surface area contributed by atoms with Gasteiger partial charge in [0.2, 0.25) is 0 Å². The van der Waals surface area contributed by atoms with Crippen molar-refractivity contribution in [1.29, 1.82) is 0 Å². The normalized spacial score (nSPS) is 11.8. The summed E-state index contributed by atoms with van der Waals surface area (Å²) in [5.41, 5.74) is 4.17. The number of hydrogen-bond acceptors (Lipinski definition) is 1. The first-order valence-electron chi connectivity index (χ1n) is 5.73. The Morgan fingerprint density at radius 2 is 2.00 bits per heavy atom. The quantitative estimate of drug-likeness (QED) is 0.774. The fraction of sp³-hybridized carbons (Fsp3) is 0.429. The van der Waals surface area contributed by atoms with Gasteiger partial charge in [-0.15, -0.1) is 0 Å². The SMILES string of the molecule is CCNCC(C)=Cc1ccccc1CC. The largest absolute Gasteiger partial charge is 0.313 e. The Morgan fingerprint density at radius 1 is 1.27 bits per heavy atom. The Bertz CT molecular complexity index is 326. The van der Waals surface area contributed by atoms with Crippen LogP contribution in [-0.4, -0.2) is 13.1 Å². The molecule has 0 fully saturated rings. The minimum atomic E-state index is 0.981. The van der Waals surface area contributed by atoms with E-state index >= 15 is 0 Å². The summed E-state index contributed by atoms with van der Waals surface area (Å²) in [6.45, 7) is 8.52. The lowest BCUT2D eigenvalue weighted by molar-refractivity contribution is 0.778. The predicted molar refractivity (Wildman–Crippen MR) is 68.0 cm³/mol. The fourth-order valence-corrected chi connectivity index (χ4v) is 1.64. The third-order valence-corrected chi connectivity index (χ3v) is 2.49. The van der Waals surface area contributed by atoms with Crippen LogP contribution in [0, 0.1) is 0 Å². The third kappa shape index (κ3) is 3.88. The van der Waals surface area contributed by atoms with Gasteiger partial charge in [0.25, 0.3) is 0 Å². The molecule has 0 aliphatic carbocycles. The minimum Gasteiger partial charge on any atom is -0.313 e. The van der Waals surface area contributed by atoms with Gasteiger partial charge in [0.15, 0.2) is 0 Å². The van der Waals surface area contributed by atoms with Crippen LogP contribution in [0.5, 0.6) is 0 Å². The Morgan fingerprint density at radius 3 is 2.67 bits per heavy atom. The molecule has 1 heteroatoms. The highest BCUT2D eigenvalue weighted by Crippen LogP contribution is 2.13. The Balaban J connectivity index is 2.77. The first-order chi connectivity index (χ1) is 7.27. The molecule has 0 atom stereocenters. The number of benzene rings is 1. The van der Waals surface area contributed by atoms with Crippen molar-refractivity contribution in [3.8, 4) is 0 Å². The van der Waals surface area contributed by atoms with Gasteiger partial charge in [-0.3, -0.25) is 0 Å². The van der Waals surface area contributed by atoms with Crippen LogP contribution in [0.3, 0.4) is 0 Å². The number of nitrogens with one attached hydrogen (secondary N) is 1. The first-order valence-corrected chi connectivity index (χ1v) is 5.73. The van der Waals surface area contributed by atoms with Crippen molar-refractivity contribution in [1.82, 2.24) is 5.32 Å². The average molecular weight is 203 g/mol. The Labute approximate surface area is 93.2 Å². The van der Waals surface area contributed by atoms with Gasteiger partial charge in [-0.25, -0.2) is 0 Å². The Hall–Kier alpha value is -1.08.